The first-order chi connectivity index (χ1) is 19.8. The number of hydrogen-bond donors (Lipinski definition) is 2. The maximum absolute atomic E-state index is 14.2. The van der Waals surface area contributed by atoms with E-state index in [9.17, 15) is 14.0 Å². The van der Waals surface area contributed by atoms with Crippen LogP contribution in [0, 0.1) is 5.82 Å². The lowest BCUT2D eigenvalue weighted by atomic mass is 9.99. The van der Waals surface area contributed by atoms with Gasteiger partial charge in [0.1, 0.15) is 23.7 Å². The third-order valence-corrected chi connectivity index (χ3v) is 6.45. The van der Waals surface area contributed by atoms with Gasteiger partial charge in [0, 0.05) is 28.5 Å². The van der Waals surface area contributed by atoms with Gasteiger partial charge in [-0.3, -0.25) is 14.6 Å². The number of rotatable bonds is 8. The number of fused-ring (bicyclic) bond motifs is 1. The first-order valence-corrected chi connectivity index (χ1v) is 13.2. The van der Waals surface area contributed by atoms with E-state index in [4.69, 9.17) is 32.7 Å². The van der Waals surface area contributed by atoms with Crippen molar-refractivity contribution >= 4 is 46.4 Å². The number of nitrogens with zero attached hydrogens (tertiary/aromatic N) is 3. The zero-order chi connectivity index (χ0) is 28.9. The smallest absolute Gasteiger partial charge is 0.269 e. The minimum Gasteiger partial charge on any atom is -0.493 e. The molecule has 1 unspecified atom stereocenters. The summed E-state index contributed by atoms with van der Waals surface area (Å²) in [6.45, 7) is 2.14. The summed E-state index contributed by atoms with van der Waals surface area (Å²) in [5, 5.41) is 5.92. The number of anilines is 1. The number of carbonyl (C=O) groups is 2. The van der Waals surface area contributed by atoms with Crippen molar-refractivity contribution in [2.75, 3.05) is 11.9 Å². The van der Waals surface area contributed by atoms with Gasteiger partial charge in [0.25, 0.3) is 11.8 Å². The van der Waals surface area contributed by atoms with Crippen LogP contribution < -0.4 is 20.1 Å². The second-order valence-electron chi connectivity index (χ2n) is 8.74. The summed E-state index contributed by atoms with van der Waals surface area (Å²) in [5.74, 6) is -2.02. The Balaban J connectivity index is 1.53. The summed E-state index contributed by atoms with van der Waals surface area (Å²) in [7, 11) is 0. The minimum absolute atomic E-state index is 0.0313. The number of halogens is 3. The number of benzene rings is 2. The summed E-state index contributed by atoms with van der Waals surface area (Å²) >= 11 is 12.9. The third-order valence-electron chi connectivity index (χ3n) is 5.93. The fourth-order valence-electron chi connectivity index (χ4n) is 4.14. The van der Waals surface area contributed by atoms with Gasteiger partial charge >= 0.3 is 0 Å². The maximum Gasteiger partial charge on any atom is 0.269 e. The Morgan fingerprint density at radius 1 is 1.10 bits per heavy atom. The van der Waals surface area contributed by atoms with E-state index < -0.39 is 23.8 Å². The van der Waals surface area contributed by atoms with Crippen LogP contribution in [0.3, 0.4) is 0 Å². The van der Waals surface area contributed by atoms with Gasteiger partial charge in [0.05, 0.1) is 34.8 Å². The number of para-hydroxylation sites is 1. The normalized spacial score (nSPS) is 14.3. The van der Waals surface area contributed by atoms with Gasteiger partial charge in [-0.25, -0.2) is 14.4 Å². The standard InChI is InChI=1S/C29H22Cl2FN5O4/c1-2-40-23-11-17(30)10-21(31)24(23)25-19-7-3-4-8-22(19)35-28(39)26(36-25)37-27(38)20-12-18(32)14-34-29(20)41-15-16-6-5-9-33-13-16/h3-14,26H,2,15H2,1H3,(H,35,39)(H,37,38). The molecule has 1 aliphatic heterocycles. The molecule has 0 aliphatic carbocycles. The summed E-state index contributed by atoms with van der Waals surface area (Å²) in [6.07, 6.45) is 2.68. The molecular formula is C29H22Cl2FN5O4. The highest BCUT2D eigenvalue weighted by Crippen LogP contribution is 2.36. The molecule has 12 heteroatoms. The second kappa shape index (κ2) is 12.3. The molecule has 2 amide bonds. The molecule has 41 heavy (non-hydrogen) atoms. The molecule has 0 fully saturated rings. The van der Waals surface area contributed by atoms with E-state index in [1.54, 1.807) is 61.8 Å². The topological polar surface area (TPSA) is 115 Å². The van der Waals surface area contributed by atoms with Crippen molar-refractivity contribution in [1.82, 2.24) is 15.3 Å². The molecule has 1 atom stereocenters. The van der Waals surface area contributed by atoms with Crippen LogP contribution in [-0.4, -0.2) is 40.3 Å². The zero-order valence-corrected chi connectivity index (χ0v) is 23.0. The Labute approximate surface area is 244 Å². The quantitative estimate of drug-likeness (QED) is 0.281. The molecule has 0 saturated heterocycles. The Kier molecular flexibility index (Phi) is 8.42. The molecule has 0 spiro atoms. The highest BCUT2D eigenvalue weighted by atomic mass is 35.5. The molecule has 0 radical (unpaired) electrons. The Morgan fingerprint density at radius 2 is 1.93 bits per heavy atom. The van der Waals surface area contributed by atoms with Gasteiger partial charge in [0.15, 0.2) is 0 Å². The van der Waals surface area contributed by atoms with Crippen LogP contribution in [0.25, 0.3) is 0 Å². The van der Waals surface area contributed by atoms with Gasteiger partial charge in [-0.15, -0.1) is 0 Å². The van der Waals surface area contributed by atoms with Crippen molar-refractivity contribution in [1.29, 1.82) is 0 Å². The first-order valence-electron chi connectivity index (χ1n) is 12.4. The number of pyridine rings is 2. The third kappa shape index (κ3) is 6.29. The molecule has 1 aliphatic rings. The van der Waals surface area contributed by atoms with E-state index in [-0.39, 0.29) is 28.8 Å². The van der Waals surface area contributed by atoms with Crippen molar-refractivity contribution in [3.8, 4) is 11.6 Å². The fourth-order valence-corrected chi connectivity index (χ4v) is 4.71. The van der Waals surface area contributed by atoms with Gasteiger partial charge in [0.2, 0.25) is 12.0 Å². The van der Waals surface area contributed by atoms with Crippen LogP contribution in [0.4, 0.5) is 10.1 Å². The molecule has 2 aromatic carbocycles. The summed E-state index contributed by atoms with van der Waals surface area (Å²) in [4.78, 5) is 39.3. The average Bonchev–Trinajstić information content (AvgIpc) is 3.08. The van der Waals surface area contributed by atoms with Crippen LogP contribution in [0.1, 0.15) is 34.0 Å². The SMILES string of the molecule is CCOc1cc(Cl)cc(Cl)c1C1=NC(NC(=O)c2cc(F)cnc2OCc2cccnc2)C(=O)Nc2ccccc21. The lowest BCUT2D eigenvalue weighted by Crippen LogP contribution is -2.42. The predicted molar refractivity (Wildman–Crippen MR) is 152 cm³/mol. The maximum atomic E-state index is 14.2. The Hall–Kier alpha value is -4.54. The minimum atomic E-state index is -1.44. The number of amides is 2. The molecule has 0 saturated carbocycles. The molecule has 5 rings (SSSR count). The van der Waals surface area contributed by atoms with E-state index in [0.29, 0.717) is 39.8 Å². The van der Waals surface area contributed by atoms with Crippen molar-refractivity contribution < 1.29 is 23.5 Å². The number of benzodiazepines with no additional fused rings is 1. The largest absolute Gasteiger partial charge is 0.493 e. The average molecular weight is 594 g/mol. The molecule has 4 aromatic rings. The highest BCUT2D eigenvalue weighted by molar-refractivity contribution is 6.39. The summed E-state index contributed by atoms with van der Waals surface area (Å²) in [6, 6.07) is 14.6. The number of hydrogen-bond acceptors (Lipinski definition) is 7. The van der Waals surface area contributed by atoms with Gasteiger partial charge < -0.3 is 20.1 Å². The Morgan fingerprint density at radius 3 is 2.71 bits per heavy atom. The molecule has 9 nitrogen and oxygen atoms in total. The van der Waals surface area contributed by atoms with Crippen LogP contribution in [-0.2, 0) is 11.4 Å². The molecule has 2 N–H and O–H groups in total. The van der Waals surface area contributed by atoms with Crippen LogP contribution in [0.2, 0.25) is 10.0 Å². The van der Waals surface area contributed by atoms with Crippen molar-refractivity contribution in [3.63, 3.8) is 0 Å². The Bertz CT molecular complexity index is 1650. The van der Waals surface area contributed by atoms with Gasteiger partial charge in [-0.2, -0.15) is 0 Å². The molecule has 0 bridgehead atoms. The second-order valence-corrected chi connectivity index (χ2v) is 9.58. The van der Waals surface area contributed by atoms with Crippen LogP contribution >= 0.6 is 23.2 Å². The van der Waals surface area contributed by atoms with E-state index in [1.165, 1.54) is 6.07 Å². The van der Waals surface area contributed by atoms with E-state index in [2.05, 4.69) is 25.6 Å². The lowest BCUT2D eigenvalue weighted by Gasteiger charge is -2.17. The van der Waals surface area contributed by atoms with Crippen LogP contribution in [0.15, 0.2) is 78.2 Å². The van der Waals surface area contributed by atoms with E-state index in [1.807, 2.05) is 0 Å². The highest BCUT2D eigenvalue weighted by Gasteiger charge is 2.30. The summed E-state index contributed by atoms with van der Waals surface area (Å²) < 4.78 is 25.7. The van der Waals surface area contributed by atoms with Crippen LogP contribution in [0.5, 0.6) is 11.6 Å². The first kappa shape index (κ1) is 28.0. The van der Waals surface area contributed by atoms with Crippen molar-refractivity contribution in [2.24, 2.45) is 4.99 Å². The number of aliphatic imine (C=N–C) groups is 1. The van der Waals surface area contributed by atoms with Gasteiger partial charge in [-0.05, 0) is 37.3 Å². The number of nitrogens with one attached hydrogen (secondary N) is 2. The molecule has 2 aromatic heterocycles. The molecule has 208 valence electrons. The zero-order valence-electron chi connectivity index (χ0n) is 21.5. The molecular weight excluding hydrogens is 572 g/mol. The van der Waals surface area contributed by atoms with Gasteiger partial charge in [-0.1, -0.05) is 47.5 Å². The van der Waals surface area contributed by atoms with Crippen molar-refractivity contribution in [3.05, 3.63) is 111 Å². The fraction of sp³-hybridized carbons (Fsp3) is 0.138. The number of carbonyl (C=O) groups excluding carboxylic acids is 2. The monoisotopic (exact) mass is 593 g/mol. The number of ether oxygens (including phenoxy) is 2. The van der Waals surface area contributed by atoms with E-state index >= 15 is 0 Å². The lowest BCUT2D eigenvalue weighted by molar-refractivity contribution is -0.117. The number of aromatic nitrogens is 2. The van der Waals surface area contributed by atoms with E-state index in [0.717, 1.165) is 12.3 Å². The predicted octanol–water partition coefficient (Wildman–Crippen LogP) is 5.45. The molecule has 3 heterocycles. The van der Waals surface area contributed by atoms with Crippen molar-refractivity contribution in [2.45, 2.75) is 19.7 Å². The summed E-state index contributed by atoms with van der Waals surface area (Å²) in [5.41, 5.74) is 2.13.